The number of aromatic nitrogens is 3. The molecule has 5 nitrogen and oxygen atoms in total. The molecule has 3 aromatic heterocycles. The molecule has 1 aromatic carbocycles. The lowest BCUT2D eigenvalue weighted by Crippen LogP contribution is -2.19. The van der Waals surface area contributed by atoms with Crippen molar-refractivity contribution in [2.24, 2.45) is 4.99 Å². The van der Waals surface area contributed by atoms with Gasteiger partial charge < -0.3 is 4.98 Å². The number of carbonyl (C=O) groups excluding carboxylic acids is 1. The maximum Gasteiger partial charge on any atom is 0.418 e. The van der Waals surface area contributed by atoms with E-state index in [0.717, 1.165) is 17.4 Å². The first-order chi connectivity index (χ1) is 12.9. The molecule has 1 amide bonds. The number of nitrogens with zero attached hydrogens (tertiary/aromatic N) is 3. The summed E-state index contributed by atoms with van der Waals surface area (Å²) in [5, 5.41) is 2.18. The number of benzene rings is 1. The van der Waals surface area contributed by atoms with Crippen LogP contribution in [-0.2, 0) is 6.18 Å². The van der Waals surface area contributed by atoms with Crippen molar-refractivity contribution in [3.63, 3.8) is 0 Å². The van der Waals surface area contributed by atoms with E-state index >= 15 is 0 Å². The lowest BCUT2D eigenvalue weighted by atomic mass is 10.1. The number of fused-ring (bicyclic) bond motifs is 1. The summed E-state index contributed by atoms with van der Waals surface area (Å²) < 4.78 is 41.2. The van der Waals surface area contributed by atoms with Crippen molar-refractivity contribution in [3.05, 3.63) is 76.3 Å². The first kappa shape index (κ1) is 17.2. The molecule has 1 N–H and O–H groups in total. The van der Waals surface area contributed by atoms with Crippen LogP contribution in [0.3, 0.4) is 0 Å². The molecule has 9 heteroatoms. The minimum Gasteiger partial charge on any atom is -0.346 e. The monoisotopic (exact) mass is 388 g/mol. The predicted molar refractivity (Wildman–Crippen MR) is 94.6 cm³/mol. The Labute approximate surface area is 154 Å². The zero-order chi connectivity index (χ0) is 19.0. The van der Waals surface area contributed by atoms with Gasteiger partial charge in [-0.3, -0.25) is 9.36 Å². The van der Waals surface area contributed by atoms with Gasteiger partial charge in [0.2, 0.25) is 0 Å². The number of hydrogen-bond acceptors (Lipinski definition) is 3. The summed E-state index contributed by atoms with van der Waals surface area (Å²) in [4.78, 5) is 23.9. The van der Waals surface area contributed by atoms with Crippen LogP contribution in [0.5, 0.6) is 0 Å². The maximum absolute atomic E-state index is 13.3. The van der Waals surface area contributed by atoms with Gasteiger partial charge in [-0.25, -0.2) is 4.98 Å². The van der Waals surface area contributed by atoms with Crippen molar-refractivity contribution in [1.82, 2.24) is 14.5 Å². The molecular weight excluding hydrogens is 377 g/mol. The van der Waals surface area contributed by atoms with Gasteiger partial charge >= 0.3 is 6.18 Å². The highest BCUT2D eigenvalue weighted by Crippen LogP contribution is 2.33. The highest BCUT2D eigenvalue weighted by molar-refractivity contribution is 7.07. The lowest BCUT2D eigenvalue weighted by Gasteiger charge is -2.13. The van der Waals surface area contributed by atoms with E-state index in [-0.39, 0.29) is 10.5 Å². The van der Waals surface area contributed by atoms with E-state index in [1.54, 1.807) is 17.6 Å². The number of para-hydroxylation sites is 1. The van der Waals surface area contributed by atoms with Gasteiger partial charge in [0.1, 0.15) is 5.65 Å². The summed E-state index contributed by atoms with van der Waals surface area (Å²) in [6.45, 7) is 0. The predicted octanol–water partition coefficient (Wildman–Crippen LogP) is 4.18. The highest BCUT2D eigenvalue weighted by atomic mass is 32.1. The molecule has 0 bridgehead atoms. The summed E-state index contributed by atoms with van der Waals surface area (Å²) >= 11 is 1.08. The number of alkyl halides is 3. The summed E-state index contributed by atoms with van der Waals surface area (Å²) in [7, 11) is 0. The lowest BCUT2D eigenvalue weighted by molar-refractivity contribution is -0.137. The van der Waals surface area contributed by atoms with E-state index in [1.807, 2.05) is 0 Å². The summed E-state index contributed by atoms with van der Waals surface area (Å²) in [5.74, 6) is -0.553. The highest BCUT2D eigenvalue weighted by Gasteiger charge is 2.33. The Balaban J connectivity index is 1.84. The van der Waals surface area contributed by atoms with Crippen molar-refractivity contribution in [3.8, 4) is 5.69 Å². The molecule has 136 valence electrons. The van der Waals surface area contributed by atoms with E-state index < -0.39 is 17.6 Å². The number of amides is 1. The largest absolute Gasteiger partial charge is 0.418 e. The van der Waals surface area contributed by atoms with Crippen LogP contribution in [0, 0.1) is 0 Å². The first-order valence-electron chi connectivity index (χ1n) is 7.79. The van der Waals surface area contributed by atoms with E-state index in [0.29, 0.717) is 16.6 Å². The van der Waals surface area contributed by atoms with E-state index in [1.165, 1.54) is 41.2 Å². The first-order valence-corrected chi connectivity index (χ1v) is 8.67. The van der Waals surface area contributed by atoms with Crippen LogP contribution in [0.1, 0.15) is 15.9 Å². The van der Waals surface area contributed by atoms with Crippen LogP contribution >= 0.6 is 11.3 Å². The van der Waals surface area contributed by atoms with Gasteiger partial charge in [0.05, 0.1) is 16.8 Å². The molecule has 0 saturated heterocycles. The molecule has 0 radical (unpaired) electrons. The molecule has 0 spiro atoms. The van der Waals surface area contributed by atoms with Crippen LogP contribution in [0.25, 0.3) is 16.7 Å². The van der Waals surface area contributed by atoms with E-state index in [2.05, 4.69) is 15.0 Å². The van der Waals surface area contributed by atoms with Gasteiger partial charge in [-0.2, -0.15) is 18.2 Å². The quantitative estimate of drug-likeness (QED) is 0.560. The average molecular weight is 388 g/mol. The van der Waals surface area contributed by atoms with E-state index in [9.17, 15) is 18.0 Å². The molecule has 0 fully saturated rings. The molecule has 0 aliphatic heterocycles. The zero-order valence-electron chi connectivity index (χ0n) is 13.6. The van der Waals surface area contributed by atoms with Gasteiger partial charge in [0.15, 0.2) is 4.80 Å². The van der Waals surface area contributed by atoms with Gasteiger partial charge in [0.25, 0.3) is 5.91 Å². The number of aromatic amines is 1. The fraction of sp³-hybridized carbons (Fsp3) is 0.0556. The number of hydrogen-bond donors (Lipinski definition) is 1. The van der Waals surface area contributed by atoms with Crippen molar-refractivity contribution < 1.29 is 18.0 Å². The number of thiazole rings is 1. The number of nitrogens with one attached hydrogen (secondary N) is 1. The second-order valence-corrected chi connectivity index (χ2v) is 6.46. The minimum atomic E-state index is -4.52. The number of halogens is 3. The number of pyridine rings is 1. The van der Waals surface area contributed by atoms with E-state index in [4.69, 9.17) is 0 Å². The average Bonchev–Trinajstić information content (AvgIpc) is 3.29. The van der Waals surface area contributed by atoms with Crippen LogP contribution in [0.2, 0.25) is 0 Å². The van der Waals surface area contributed by atoms with Gasteiger partial charge in [0, 0.05) is 29.4 Å². The summed E-state index contributed by atoms with van der Waals surface area (Å²) in [5.41, 5.74) is -0.0172. The Morgan fingerprint density at radius 1 is 1.19 bits per heavy atom. The molecule has 0 aliphatic rings. The molecule has 27 heavy (non-hydrogen) atoms. The zero-order valence-corrected chi connectivity index (χ0v) is 14.4. The Bertz CT molecular complexity index is 1200. The number of H-pyrrole nitrogens is 1. The van der Waals surface area contributed by atoms with Crippen LogP contribution in [-0.4, -0.2) is 20.4 Å². The third kappa shape index (κ3) is 3.17. The second kappa shape index (κ2) is 6.51. The topological polar surface area (TPSA) is 63.0 Å². The molecular formula is C18H11F3N4OS. The standard InChI is InChI=1S/C18H11F3N4OS/c19-18(20,21)13-3-1-2-4-14(13)25-9-10-27-17(25)24-16(26)12-6-8-23-15-11(12)5-7-22-15/h1-10H,(H,22,23). The third-order valence-corrected chi connectivity index (χ3v) is 4.70. The fourth-order valence-corrected chi connectivity index (χ4v) is 3.47. The molecule has 0 aliphatic carbocycles. The smallest absolute Gasteiger partial charge is 0.346 e. The molecule has 4 aromatic rings. The van der Waals surface area contributed by atoms with Crippen LogP contribution < -0.4 is 4.80 Å². The number of carbonyl (C=O) groups is 1. The Kier molecular flexibility index (Phi) is 4.15. The Hall–Kier alpha value is -3.20. The van der Waals surface area contributed by atoms with Gasteiger partial charge in [-0.1, -0.05) is 12.1 Å². The molecule has 0 saturated carbocycles. The van der Waals surface area contributed by atoms with Crippen molar-refractivity contribution in [2.75, 3.05) is 0 Å². The van der Waals surface area contributed by atoms with Gasteiger partial charge in [-0.05, 0) is 24.3 Å². The molecule has 3 heterocycles. The number of rotatable bonds is 2. The molecule has 0 atom stereocenters. The second-order valence-electron chi connectivity index (χ2n) is 5.59. The van der Waals surface area contributed by atoms with Crippen molar-refractivity contribution >= 4 is 28.3 Å². The summed E-state index contributed by atoms with van der Waals surface area (Å²) in [6, 6.07) is 8.40. The van der Waals surface area contributed by atoms with Crippen LogP contribution in [0.4, 0.5) is 13.2 Å². The third-order valence-electron chi connectivity index (χ3n) is 3.95. The van der Waals surface area contributed by atoms with Gasteiger partial charge in [-0.15, -0.1) is 11.3 Å². The fourth-order valence-electron chi connectivity index (χ4n) is 2.75. The molecule has 4 rings (SSSR count). The minimum absolute atomic E-state index is 0.0840. The van der Waals surface area contributed by atoms with Crippen LogP contribution in [0.15, 0.2) is 65.4 Å². The summed E-state index contributed by atoms with van der Waals surface area (Å²) in [6.07, 6.45) is 0.0668. The maximum atomic E-state index is 13.3. The normalized spacial score (nSPS) is 12.6. The SMILES string of the molecule is O=C(N=c1sccn1-c1ccccc1C(F)(F)F)c1ccnc2[nH]ccc12. The Morgan fingerprint density at radius 3 is 2.81 bits per heavy atom. The molecule has 0 unspecified atom stereocenters. The van der Waals surface area contributed by atoms with Crippen molar-refractivity contribution in [1.29, 1.82) is 0 Å². The Morgan fingerprint density at radius 2 is 2.00 bits per heavy atom. The van der Waals surface area contributed by atoms with Crippen molar-refractivity contribution in [2.45, 2.75) is 6.18 Å².